The summed E-state index contributed by atoms with van der Waals surface area (Å²) in [5.74, 6) is 0.228. The molecule has 2 aromatic rings. The van der Waals surface area contributed by atoms with Gasteiger partial charge in [0.25, 0.3) is 11.8 Å². The van der Waals surface area contributed by atoms with Crippen LogP contribution in [0.15, 0.2) is 42.5 Å². The van der Waals surface area contributed by atoms with Gasteiger partial charge in [-0.15, -0.1) is 0 Å². The number of carbonyl (C=O) groups excluding carboxylic acids is 3. The molecule has 122 valence electrons. The van der Waals surface area contributed by atoms with Crippen molar-refractivity contribution >= 4 is 18.1 Å². The van der Waals surface area contributed by atoms with Crippen LogP contribution in [0.3, 0.4) is 0 Å². The first-order valence-corrected chi connectivity index (χ1v) is 7.37. The molecule has 0 spiro atoms. The Morgan fingerprint density at radius 3 is 2.25 bits per heavy atom. The van der Waals surface area contributed by atoms with E-state index in [0.29, 0.717) is 34.5 Å². The Morgan fingerprint density at radius 1 is 1.00 bits per heavy atom. The average molecular weight is 325 g/mol. The third-order valence-electron chi connectivity index (χ3n) is 3.77. The fourth-order valence-electron chi connectivity index (χ4n) is 2.57. The molecule has 1 aliphatic rings. The van der Waals surface area contributed by atoms with E-state index in [2.05, 4.69) is 0 Å². The second-order valence-electron chi connectivity index (χ2n) is 5.18. The number of methoxy groups -OCH3 is 1. The van der Waals surface area contributed by atoms with Crippen LogP contribution in [0.5, 0.6) is 11.5 Å². The highest BCUT2D eigenvalue weighted by Gasteiger charge is 2.34. The molecule has 0 saturated heterocycles. The van der Waals surface area contributed by atoms with Gasteiger partial charge in [0.1, 0.15) is 12.9 Å². The molecule has 0 N–H and O–H groups in total. The predicted molar refractivity (Wildman–Crippen MR) is 85.7 cm³/mol. The summed E-state index contributed by atoms with van der Waals surface area (Å²) in [5.41, 5.74) is 1.30. The fourth-order valence-corrected chi connectivity index (χ4v) is 2.57. The summed E-state index contributed by atoms with van der Waals surface area (Å²) in [4.78, 5) is 36.4. The molecule has 0 atom stereocenters. The molecule has 6 nitrogen and oxygen atoms in total. The number of nitrogens with zero attached hydrogens (tertiary/aromatic N) is 1. The van der Waals surface area contributed by atoms with Gasteiger partial charge in [-0.05, 0) is 30.3 Å². The van der Waals surface area contributed by atoms with Crippen molar-refractivity contribution in [3.05, 3.63) is 59.2 Å². The van der Waals surface area contributed by atoms with Gasteiger partial charge in [0.2, 0.25) is 0 Å². The molecule has 3 rings (SSSR count). The number of hydrogen-bond acceptors (Lipinski definition) is 5. The second kappa shape index (κ2) is 6.54. The highest BCUT2D eigenvalue weighted by atomic mass is 16.5. The number of carbonyl (C=O) groups is 3. The molecule has 6 heteroatoms. The first-order chi connectivity index (χ1) is 11.7. The van der Waals surface area contributed by atoms with E-state index in [-0.39, 0.29) is 25.0 Å². The topological polar surface area (TPSA) is 72.9 Å². The molecular weight excluding hydrogens is 310 g/mol. The minimum Gasteiger partial charge on any atom is -0.493 e. The Morgan fingerprint density at radius 2 is 1.67 bits per heavy atom. The van der Waals surface area contributed by atoms with Gasteiger partial charge in [-0.3, -0.25) is 19.3 Å². The first-order valence-electron chi connectivity index (χ1n) is 7.37. The summed E-state index contributed by atoms with van der Waals surface area (Å²) in [6.07, 6.45) is 0.713. The maximum atomic E-state index is 12.2. The van der Waals surface area contributed by atoms with Crippen molar-refractivity contribution < 1.29 is 23.9 Å². The minimum atomic E-state index is -0.317. The van der Waals surface area contributed by atoms with Crippen LogP contribution in [0, 0.1) is 0 Å². The van der Waals surface area contributed by atoms with E-state index < -0.39 is 0 Å². The summed E-state index contributed by atoms with van der Waals surface area (Å²) in [5, 5.41) is 0. The summed E-state index contributed by atoms with van der Waals surface area (Å²) in [6.45, 7) is 0.257. The Bertz CT molecular complexity index is 780. The predicted octanol–water partition coefficient (Wildman–Crippen LogP) is 2.18. The molecular formula is C18H15NO5. The van der Waals surface area contributed by atoms with Crippen LogP contribution in [0.2, 0.25) is 0 Å². The molecule has 0 saturated carbocycles. The number of amides is 2. The fraction of sp³-hybridized carbons (Fsp3) is 0.167. The lowest BCUT2D eigenvalue weighted by atomic mass is 10.1. The molecule has 0 bridgehead atoms. The number of imide groups is 1. The lowest BCUT2D eigenvalue weighted by Crippen LogP contribution is -2.33. The molecule has 24 heavy (non-hydrogen) atoms. The van der Waals surface area contributed by atoms with Crippen molar-refractivity contribution in [2.45, 2.75) is 0 Å². The van der Waals surface area contributed by atoms with Gasteiger partial charge in [-0.1, -0.05) is 12.1 Å². The van der Waals surface area contributed by atoms with Crippen molar-refractivity contribution in [2.24, 2.45) is 0 Å². The van der Waals surface area contributed by atoms with E-state index in [0.717, 1.165) is 4.90 Å². The van der Waals surface area contributed by atoms with E-state index in [1.165, 1.54) is 7.11 Å². The van der Waals surface area contributed by atoms with E-state index in [1.807, 2.05) is 0 Å². The lowest BCUT2D eigenvalue weighted by Gasteiger charge is -2.15. The zero-order chi connectivity index (χ0) is 17.1. The van der Waals surface area contributed by atoms with Crippen LogP contribution >= 0.6 is 0 Å². The van der Waals surface area contributed by atoms with E-state index in [1.54, 1.807) is 42.5 Å². The van der Waals surface area contributed by atoms with Gasteiger partial charge in [0, 0.05) is 5.56 Å². The molecule has 1 aliphatic heterocycles. The number of rotatable bonds is 6. The van der Waals surface area contributed by atoms with Crippen LogP contribution in [0.1, 0.15) is 31.1 Å². The molecule has 2 aromatic carbocycles. The SMILES string of the molecule is COc1cc(C=O)ccc1OCCN1C(=O)c2ccccc2C1=O. The van der Waals surface area contributed by atoms with Gasteiger partial charge >= 0.3 is 0 Å². The average Bonchev–Trinajstić information content (AvgIpc) is 2.87. The number of hydrogen-bond donors (Lipinski definition) is 0. The van der Waals surface area contributed by atoms with Gasteiger partial charge < -0.3 is 9.47 Å². The Hall–Kier alpha value is -3.15. The second-order valence-corrected chi connectivity index (χ2v) is 5.18. The highest BCUT2D eigenvalue weighted by Crippen LogP contribution is 2.28. The Labute approximate surface area is 138 Å². The van der Waals surface area contributed by atoms with Crippen molar-refractivity contribution in [1.82, 2.24) is 4.90 Å². The third kappa shape index (κ3) is 2.74. The van der Waals surface area contributed by atoms with Crippen LogP contribution in [-0.4, -0.2) is 43.3 Å². The number of benzene rings is 2. The molecule has 1 heterocycles. The highest BCUT2D eigenvalue weighted by molar-refractivity contribution is 6.21. The molecule has 0 aromatic heterocycles. The minimum absolute atomic E-state index is 0.127. The zero-order valence-electron chi connectivity index (χ0n) is 13.0. The first kappa shape index (κ1) is 15.7. The maximum absolute atomic E-state index is 12.2. The Balaban J connectivity index is 1.67. The lowest BCUT2D eigenvalue weighted by molar-refractivity contribution is 0.0630. The van der Waals surface area contributed by atoms with E-state index in [9.17, 15) is 14.4 Å². The number of aldehydes is 1. The summed E-state index contributed by atoms with van der Waals surface area (Å²) >= 11 is 0. The molecule has 0 aliphatic carbocycles. The quantitative estimate of drug-likeness (QED) is 0.601. The van der Waals surface area contributed by atoms with Crippen LogP contribution < -0.4 is 9.47 Å². The van der Waals surface area contributed by atoms with Crippen molar-refractivity contribution in [2.75, 3.05) is 20.3 Å². The van der Waals surface area contributed by atoms with E-state index >= 15 is 0 Å². The van der Waals surface area contributed by atoms with Gasteiger partial charge in [0.05, 0.1) is 24.8 Å². The van der Waals surface area contributed by atoms with Crippen LogP contribution in [0.25, 0.3) is 0 Å². The largest absolute Gasteiger partial charge is 0.493 e. The van der Waals surface area contributed by atoms with Crippen LogP contribution in [-0.2, 0) is 0 Å². The molecule has 0 fully saturated rings. The number of ether oxygens (including phenoxy) is 2. The molecule has 2 amide bonds. The summed E-state index contributed by atoms with van der Waals surface area (Å²) in [7, 11) is 1.47. The zero-order valence-corrected chi connectivity index (χ0v) is 13.0. The monoisotopic (exact) mass is 325 g/mol. The maximum Gasteiger partial charge on any atom is 0.261 e. The van der Waals surface area contributed by atoms with Crippen molar-refractivity contribution in [3.8, 4) is 11.5 Å². The van der Waals surface area contributed by atoms with Gasteiger partial charge in [-0.2, -0.15) is 0 Å². The molecule has 0 unspecified atom stereocenters. The third-order valence-corrected chi connectivity index (χ3v) is 3.77. The Kier molecular flexibility index (Phi) is 4.29. The summed E-state index contributed by atoms with van der Waals surface area (Å²) < 4.78 is 10.8. The van der Waals surface area contributed by atoms with Crippen LogP contribution in [0.4, 0.5) is 0 Å². The normalized spacial score (nSPS) is 13.0. The standard InChI is InChI=1S/C18H15NO5/c1-23-16-10-12(11-20)6-7-15(16)24-9-8-19-17(21)13-4-2-3-5-14(13)18(19)22/h2-7,10-11H,8-9H2,1H3. The van der Waals surface area contributed by atoms with Gasteiger partial charge in [-0.25, -0.2) is 0 Å². The molecule has 0 radical (unpaired) electrons. The van der Waals surface area contributed by atoms with Gasteiger partial charge in [0.15, 0.2) is 11.5 Å². The smallest absolute Gasteiger partial charge is 0.261 e. The van der Waals surface area contributed by atoms with E-state index in [4.69, 9.17) is 9.47 Å². The van der Waals surface area contributed by atoms with Crippen molar-refractivity contribution in [1.29, 1.82) is 0 Å². The summed E-state index contributed by atoms with van der Waals surface area (Å²) in [6, 6.07) is 11.5. The number of fused-ring (bicyclic) bond motifs is 1. The van der Waals surface area contributed by atoms with Crippen molar-refractivity contribution in [3.63, 3.8) is 0 Å².